The number of carbonyl (C=O) groups excluding carboxylic acids is 2. The Hall–Kier alpha value is -2.91. The molecule has 2 unspecified atom stereocenters. The van der Waals surface area contributed by atoms with Gasteiger partial charge in [-0.2, -0.15) is 4.31 Å². The molecule has 1 amide bonds. The average molecular weight is 489 g/mol. The lowest BCUT2D eigenvalue weighted by Gasteiger charge is -2.35. The predicted molar refractivity (Wildman–Crippen MR) is 128 cm³/mol. The summed E-state index contributed by atoms with van der Waals surface area (Å²) in [6.07, 6.45) is 1.17. The largest absolute Gasteiger partial charge is 0.497 e. The molecule has 184 valence electrons. The topological polar surface area (TPSA) is 93.2 Å². The van der Waals surface area contributed by atoms with E-state index in [4.69, 9.17) is 9.47 Å². The summed E-state index contributed by atoms with van der Waals surface area (Å²) in [5, 5.41) is 0. The summed E-state index contributed by atoms with van der Waals surface area (Å²) in [7, 11) is -0.900. The van der Waals surface area contributed by atoms with Crippen LogP contribution in [0.25, 0.3) is 0 Å². The van der Waals surface area contributed by atoms with E-state index in [0.29, 0.717) is 31.7 Å². The number of carbonyl (C=O) groups is 2. The van der Waals surface area contributed by atoms with Gasteiger partial charge in [0.05, 0.1) is 31.0 Å². The molecule has 0 N–H and O–H groups in total. The number of rotatable bonds is 9. The van der Waals surface area contributed by atoms with Crippen molar-refractivity contribution in [1.82, 2.24) is 9.21 Å². The minimum Gasteiger partial charge on any atom is -0.497 e. The van der Waals surface area contributed by atoms with Gasteiger partial charge in [-0.15, -0.1) is 0 Å². The van der Waals surface area contributed by atoms with Gasteiger partial charge in [0.15, 0.2) is 0 Å². The first kappa shape index (κ1) is 25.7. The molecule has 1 saturated heterocycles. The van der Waals surface area contributed by atoms with E-state index in [1.54, 1.807) is 24.0 Å². The molecule has 2 atom stereocenters. The van der Waals surface area contributed by atoms with Crippen LogP contribution in [-0.4, -0.2) is 63.4 Å². The summed E-state index contributed by atoms with van der Waals surface area (Å²) < 4.78 is 37.8. The molecule has 8 nitrogen and oxygen atoms in total. The van der Waals surface area contributed by atoms with E-state index in [9.17, 15) is 18.0 Å². The molecule has 34 heavy (non-hydrogen) atoms. The van der Waals surface area contributed by atoms with Crippen molar-refractivity contribution in [3.63, 3.8) is 0 Å². The molecule has 1 aliphatic heterocycles. The number of amides is 1. The first-order chi connectivity index (χ1) is 16.3. The molecule has 1 fully saturated rings. The van der Waals surface area contributed by atoms with Crippen LogP contribution in [0.5, 0.6) is 5.75 Å². The van der Waals surface area contributed by atoms with Crippen molar-refractivity contribution in [2.45, 2.75) is 31.2 Å². The Labute approximate surface area is 201 Å². The number of hydrogen-bond acceptors (Lipinski definition) is 6. The zero-order valence-electron chi connectivity index (χ0n) is 19.8. The van der Waals surface area contributed by atoms with Gasteiger partial charge in [0.2, 0.25) is 15.9 Å². The zero-order valence-corrected chi connectivity index (χ0v) is 20.7. The van der Waals surface area contributed by atoms with Crippen molar-refractivity contribution in [2.24, 2.45) is 11.8 Å². The van der Waals surface area contributed by atoms with Gasteiger partial charge >= 0.3 is 5.97 Å². The van der Waals surface area contributed by atoms with Crippen LogP contribution >= 0.6 is 0 Å². The lowest BCUT2D eigenvalue weighted by atomic mass is 9.97. The van der Waals surface area contributed by atoms with Crippen molar-refractivity contribution in [2.75, 3.05) is 33.9 Å². The van der Waals surface area contributed by atoms with Crippen LogP contribution in [0.4, 0.5) is 0 Å². The second kappa shape index (κ2) is 11.5. The fraction of sp³-hybridized carbons (Fsp3) is 0.440. The fourth-order valence-electron chi connectivity index (χ4n) is 4.16. The molecule has 2 aromatic rings. The highest BCUT2D eigenvalue weighted by Gasteiger charge is 2.36. The number of hydrogen-bond donors (Lipinski definition) is 0. The van der Waals surface area contributed by atoms with Crippen LogP contribution in [0.2, 0.25) is 0 Å². The summed E-state index contributed by atoms with van der Waals surface area (Å²) in [5.41, 5.74) is 0.937. The first-order valence-electron chi connectivity index (χ1n) is 11.3. The molecule has 0 radical (unpaired) electrons. The van der Waals surface area contributed by atoms with E-state index < -0.39 is 27.8 Å². The Morgan fingerprint density at radius 3 is 2.38 bits per heavy atom. The summed E-state index contributed by atoms with van der Waals surface area (Å²) >= 11 is 0. The van der Waals surface area contributed by atoms with Crippen molar-refractivity contribution < 1.29 is 27.5 Å². The summed E-state index contributed by atoms with van der Waals surface area (Å²) in [4.78, 5) is 27.4. The van der Waals surface area contributed by atoms with Gasteiger partial charge in [-0.3, -0.25) is 9.59 Å². The number of piperidine rings is 1. The van der Waals surface area contributed by atoms with E-state index >= 15 is 0 Å². The quantitative estimate of drug-likeness (QED) is 0.504. The van der Waals surface area contributed by atoms with Gasteiger partial charge in [0.1, 0.15) is 5.75 Å². The SMILES string of the molecule is COC(=O)C(C)CN(Cc1ccccc1)C(=O)C1CCCN(S(=O)(=O)c2ccc(OC)cc2)C1. The van der Waals surface area contributed by atoms with Crippen LogP contribution in [0.1, 0.15) is 25.3 Å². The molecule has 0 aliphatic carbocycles. The van der Waals surface area contributed by atoms with Gasteiger partial charge in [0, 0.05) is 26.2 Å². The van der Waals surface area contributed by atoms with Crippen molar-refractivity contribution in [3.8, 4) is 5.75 Å². The minimum atomic E-state index is -3.75. The Balaban J connectivity index is 1.78. The first-order valence-corrected chi connectivity index (χ1v) is 12.7. The predicted octanol–water partition coefficient (Wildman–Crippen LogP) is 2.93. The molecule has 3 rings (SSSR count). The van der Waals surface area contributed by atoms with Crippen molar-refractivity contribution in [1.29, 1.82) is 0 Å². The highest BCUT2D eigenvalue weighted by atomic mass is 32.2. The van der Waals surface area contributed by atoms with Gasteiger partial charge < -0.3 is 14.4 Å². The molecule has 0 spiro atoms. The molecule has 1 aliphatic rings. The monoisotopic (exact) mass is 488 g/mol. The maximum absolute atomic E-state index is 13.6. The number of ether oxygens (including phenoxy) is 2. The Kier molecular flexibility index (Phi) is 8.68. The lowest BCUT2D eigenvalue weighted by molar-refractivity contribution is -0.147. The molecule has 0 saturated carbocycles. The smallest absolute Gasteiger partial charge is 0.310 e. The fourth-order valence-corrected chi connectivity index (χ4v) is 5.68. The zero-order chi connectivity index (χ0) is 24.7. The van der Waals surface area contributed by atoms with Crippen molar-refractivity contribution >= 4 is 21.9 Å². The maximum Gasteiger partial charge on any atom is 0.310 e. The molecular weight excluding hydrogens is 456 g/mol. The van der Waals surface area contributed by atoms with Gasteiger partial charge in [-0.25, -0.2) is 8.42 Å². The third-order valence-electron chi connectivity index (χ3n) is 6.06. The highest BCUT2D eigenvalue weighted by Crippen LogP contribution is 2.27. The van der Waals surface area contributed by atoms with Crippen molar-refractivity contribution in [3.05, 3.63) is 60.2 Å². The molecular formula is C25H32N2O6S. The highest BCUT2D eigenvalue weighted by molar-refractivity contribution is 7.89. The van der Waals surface area contributed by atoms with Gasteiger partial charge in [-0.1, -0.05) is 37.3 Å². The summed E-state index contributed by atoms with van der Waals surface area (Å²) in [5.74, 6) is -0.967. The van der Waals surface area contributed by atoms with E-state index in [1.165, 1.54) is 30.7 Å². The summed E-state index contributed by atoms with van der Waals surface area (Å²) in [6, 6.07) is 15.8. The standard InChI is InChI=1S/C25H32N2O6S/c1-19(25(29)33-3)16-26(17-20-8-5-4-6-9-20)24(28)21-10-7-15-27(18-21)34(30,31)23-13-11-22(32-2)12-14-23/h4-6,8-9,11-14,19,21H,7,10,15-18H2,1-3H3. The Bertz CT molecular complexity index is 1070. The molecule has 0 bridgehead atoms. The van der Waals surface area contributed by atoms with E-state index in [0.717, 1.165) is 5.56 Å². The van der Waals surface area contributed by atoms with Crippen LogP contribution < -0.4 is 4.74 Å². The van der Waals surface area contributed by atoms with E-state index in [-0.39, 0.29) is 23.9 Å². The van der Waals surface area contributed by atoms with E-state index in [2.05, 4.69) is 0 Å². The molecule has 9 heteroatoms. The summed E-state index contributed by atoms with van der Waals surface area (Å²) in [6.45, 7) is 2.71. The minimum absolute atomic E-state index is 0.102. The molecule has 0 aromatic heterocycles. The number of nitrogens with zero attached hydrogens (tertiary/aromatic N) is 2. The van der Waals surface area contributed by atoms with E-state index in [1.807, 2.05) is 30.3 Å². The van der Waals surface area contributed by atoms with Crippen LogP contribution in [0.15, 0.2) is 59.5 Å². The maximum atomic E-state index is 13.6. The Morgan fingerprint density at radius 2 is 1.76 bits per heavy atom. The van der Waals surface area contributed by atoms with Crippen LogP contribution in [0, 0.1) is 11.8 Å². The number of benzene rings is 2. The number of esters is 1. The number of methoxy groups -OCH3 is 2. The van der Waals surface area contributed by atoms with Crippen LogP contribution in [-0.2, 0) is 30.9 Å². The van der Waals surface area contributed by atoms with Crippen LogP contribution in [0.3, 0.4) is 0 Å². The third kappa shape index (κ3) is 6.15. The number of sulfonamides is 1. The average Bonchev–Trinajstić information content (AvgIpc) is 2.88. The second-order valence-corrected chi connectivity index (χ2v) is 10.4. The van der Waals surface area contributed by atoms with Gasteiger partial charge in [-0.05, 0) is 42.7 Å². The molecule has 2 aromatic carbocycles. The molecule has 1 heterocycles. The normalized spacial score (nSPS) is 17.6. The van der Waals surface area contributed by atoms with Gasteiger partial charge in [0.25, 0.3) is 0 Å². The Morgan fingerprint density at radius 1 is 1.09 bits per heavy atom. The lowest BCUT2D eigenvalue weighted by Crippen LogP contribution is -2.47. The second-order valence-electron chi connectivity index (χ2n) is 8.51. The third-order valence-corrected chi connectivity index (χ3v) is 7.94.